The summed E-state index contributed by atoms with van der Waals surface area (Å²) in [6.45, 7) is 19.6. The minimum Gasteiger partial charge on any atom is -0.494 e. The Morgan fingerprint density at radius 3 is 1.47 bits per heavy atom. The number of nitrogen functional groups attached to an aromatic ring is 1. The van der Waals surface area contributed by atoms with Crippen LogP contribution in [-0.2, 0) is 59.4 Å². The largest absolute Gasteiger partial charge is 0.494 e. The topological polar surface area (TPSA) is 382 Å². The normalized spacial score (nSPS) is 14.8. The molecule has 508 valence electrons. The number of carbonyl (C=O) groups is 3. The number of piperidine rings is 1. The first kappa shape index (κ1) is 81.5. The number of nitrogens with zero attached hydrogens (tertiary/aromatic N) is 4. The third-order valence-corrected chi connectivity index (χ3v) is 18.0. The van der Waals surface area contributed by atoms with Gasteiger partial charge < -0.3 is 64.0 Å². The van der Waals surface area contributed by atoms with Crippen LogP contribution in [0, 0.1) is 44.8 Å². The van der Waals surface area contributed by atoms with Gasteiger partial charge >= 0.3 is 18.2 Å². The van der Waals surface area contributed by atoms with Crippen molar-refractivity contribution >= 4 is 76.2 Å². The number of carbonyl (C=O) groups excluding carboxylic acids is 3. The summed E-state index contributed by atoms with van der Waals surface area (Å²) in [6, 6.07) is 29.4. The Kier molecular flexibility index (Phi) is 32.7. The molecule has 31 heteroatoms. The second kappa shape index (κ2) is 36.5. The molecule has 3 aliphatic rings. The van der Waals surface area contributed by atoms with Crippen LogP contribution in [0.5, 0.6) is 5.75 Å². The van der Waals surface area contributed by atoms with Crippen molar-refractivity contribution in [3.05, 3.63) is 155 Å². The van der Waals surface area contributed by atoms with Gasteiger partial charge in [-0.2, -0.15) is 0 Å². The van der Waals surface area contributed by atoms with E-state index in [0.29, 0.717) is 37.0 Å². The minimum absolute atomic E-state index is 0. The maximum Gasteiger partial charge on any atom is 0.407 e. The van der Waals surface area contributed by atoms with Crippen LogP contribution in [-0.4, -0.2) is 151 Å². The van der Waals surface area contributed by atoms with Crippen LogP contribution in [0.25, 0.3) is 0 Å². The molecule has 0 aromatic heterocycles. The fourth-order valence-electron chi connectivity index (χ4n) is 8.86. The predicted molar refractivity (Wildman–Crippen MR) is 343 cm³/mol. The summed E-state index contributed by atoms with van der Waals surface area (Å²) in [4.78, 5) is 60.0. The molecule has 0 saturated carbocycles. The van der Waals surface area contributed by atoms with Crippen molar-refractivity contribution in [1.29, 1.82) is 0 Å². The van der Waals surface area contributed by atoms with Crippen molar-refractivity contribution in [2.24, 2.45) is 17.1 Å². The maximum atomic E-state index is 13.2. The Hall–Kier alpha value is -7.53. The molecule has 3 heterocycles. The number of nitrogens with two attached hydrogens (primary N) is 2. The summed E-state index contributed by atoms with van der Waals surface area (Å²) in [5.74, 6) is 0.115. The number of hydrogen-bond donors (Lipinski definition) is 6. The van der Waals surface area contributed by atoms with Crippen LogP contribution < -0.4 is 37.1 Å². The van der Waals surface area contributed by atoms with Gasteiger partial charge in [-0.1, -0.05) is 13.8 Å². The van der Waals surface area contributed by atoms with Gasteiger partial charge in [0.05, 0.1) is 54.4 Å². The SMILES string of the molecule is CC(C)(C)OC(=O)NCCS(=O)(=O)c1ccc(N)cc1.CC(C)(C)OC(=O)NCCS(=O)(=O)c1ccc([N+](=O)[O-])cc1.CCOc1ccc(N2C[C@H]3CN(C(=O)Nc4ccc(S(=O)(=O)CCN)cc4)C[C@@H]2C(C)(C)C3)cc1.CO.O=[N+]([O-])c1ccc(F)cc1.[CH3-].[Pd]. The zero-order valence-corrected chi connectivity index (χ0v) is 56.8. The molecule has 3 fully saturated rings. The van der Waals surface area contributed by atoms with Crippen LogP contribution in [0.4, 0.5) is 47.2 Å². The number of amides is 4. The van der Waals surface area contributed by atoms with E-state index >= 15 is 0 Å². The molecule has 0 unspecified atom stereocenters. The molecule has 2 bridgehead atoms. The summed E-state index contributed by atoms with van der Waals surface area (Å²) in [5.41, 5.74) is 11.6. The second-order valence-electron chi connectivity index (χ2n) is 22.7. The number of ether oxygens (including phenoxy) is 3. The number of benzene rings is 5. The van der Waals surface area contributed by atoms with Gasteiger partial charge in [0.25, 0.3) is 11.4 Å². The van der Waals surface area contributed by atoms with Crippen molar-refractivity contribution in [3.63, 3.8) is 0 Å². The zero-order valence-electron chi connectivity index (χ0n) is 52.8. The number of alkyl carbamates (subject to hydrolysis) is 2. The van der Waals surface area contributed by atoms with Crippen molar-refractivity contribution in [2.75, 3.05) is 86.2 Å². The number of urea groups is 1. The van der Waals surface area contributed by atoms with Crippen molar-refractivity contribution in [2.45, 2.75) is 101 Å². The average Bonchev–Trinajstić information content (AvgIpc) is 1.69. The predicted octanol–water partition coefficient (Wildman–Crippen LogP) is 8.84. The molecule has 91 heavy (non-hydrogen) atoms. The molecule has 0 aliphatic carbocycles. The molecule has 0 spiro atoms. The van der Waals surface area contributed by atoms with Gasteiger partial charge in [0, 0.05) is 108 Å². The van der Waals surface area contributed by atoms with Crippen molar-refractivity contribution in [1.82, 2.24) is 15.5 Å². The Morgan fingerprint density at radius 1 is 0.659 bits per heavy atom. The van der Waals surface area contributed by atoms with Crippen LogP contribution in [0.1, 0.15) is 68.7 Å². The zero-order chi connectivity index (χ0) is 67.1. The van der Waals surface area contributed by atoms with E-state index in [1.165, 1.54) is 48.5 Å². The van der Waals surface area contributed by atoms with E-state index in [0.717, 1.165) is 67.9 Å². The molecule has 2 atom stereocenters. The van der Waals surface area contributed by atoms with E-state index in [-0.39, 0.29) is 108 Å². The van der Waals surface area contributed by atoms with E-state index in [2.05, 4.69) is 46.8 Å². The number of fused-ring (bicyclic) bond motifs is 4. The van der Waals surface area contributed by atoms with Crippen LogP contribution >= 0.6 is 0 Å². The Balaban J connectivity index is 0.000000643. The number of nitro groups is 2. The van der Waals surface area contributed by atoms with Gasteiger partial charge in [0.2, 0.25) is 0 Å². The first-order valence-corrected chi connectivity index (χ1v) is 32.8. The standard InChI is InChI=1S/C26H36N4O4S.C13H18N2O6S.C13H20N2O4S.C6H4FNO2.CH4O.CH3.Pd/c1-4-34-22-9-7-21(8-10-22)30-17-19-15-26(2,3)24(30)18-29(16-19)25(31)28-20-5-11-23(12-6-20)35(32,33)14-13-27;1-13(2,3)21-12(16)14-8-9-22(19,20)11-6-4-10(5-7-11)15(17)18;1-13(2,3)19-12(16)15-8-9-20(17,18)11-6-4-10(14)5-7-11;7-5-1-3-6(4-2-5)8(9)10;1-2;;/h5-12,19,24H,4,13-18,27H2,1-3H3,(H,28,31);4-7H,8-9H2,1-3H3,(H,14,16);4-7H,8-9,14H2,1-3H3,(H,15,16);1-4H;2H,1H3;1H3;/q;;;;;-1;/t19-,24-;;;;;;/m1....../s1. The average molecular weight is 1430 g/mol. The van der Waals surface area contributed by atoms with E-state index < -0.39 is 68.6 Å². The first-order valence-electron chi connectivity index (χ1n) is 27.9. The smallest absolute Gasteiger partial charge is 0.407 e. The number of halogens is 1. The molecule has 0 radical (unpaired) electrons. The number of hydrogen-bond acceptors (Lipinski definition) is 20. The third kappa shape index (κ3) is 27.9. The maximum absolute atomic E-state index is 13.2. The van der Waals surface area contributed by atoms with Gasteiger partial charge in [-0.15, -0.1) is 0 Å². The molecule has 8 rings (SSSR count). The summed E-state index contributed by atoms with van der Waals surface area (Å²) in [7, 11) is -9.48. The number of aliphatic hydroxyl groups excluding tert-OH is 1. The van der Waals surface area contributed by atoms with Gasteiger partial charge in [0.15, 0.2) is 29.5 Å². The van der Waals surface area contributed by atoms with Crippen molar-refractivity contribution in [3.8, 4) is 5.75 Å². The molecule has 5 aromatic carbocycles. The second-order valence-corrected chi connectivity index (χ2v) is 29.0. The Labute approximate surface area is 546 Å². The Morgan fingerprint density at radius 2 is 1.07 bits per heavy atom. The number of rotatable bonds is 17. The summed E-state index contributed by atoms with van der Waals surface area (Å²) < 4.78 is 100. The quantitative estimate of drug-likeness (QED) is 0.0166. The number of anilines is 3. The van der Waals surface area contributed by atoms with E-state index in [4.69, 9.17) is 30.8 Å². The number of nitro benzene ring substituents is 2. The number of sulfone groups is 3. The molecule has 5 aromatic rings. The summed E-state index contributed by atoms with van der Waals surface area (Å²) in [6.07, 6.45) is -0.278. The van der Waals surface area contributed by atoms with Gasteiger partial charge in [-0.3, -0.25) is 20.2 Å². The minimum atomic E-state index is -3.63. The fraction of sp³-hybridized carbons (Fsp3) is 0.433. The van der Waals surface area contributed by atoms with Crippen molar-refractivity contribution < 1.29 is 93.6 Å². The summed E-state index contributed by atoms with van der Waals surface area (Å²) in [5, 5.41) is 35.2. The summed E-state index contributed by atoms with van der Waals surface area (Å²) >= 11 is 0. The van der Waals surface area contributed by atoms with Gasteiger partial charge in [-0.25, -0.2) is 44.0 Å². The molecule has 26 nitrogen and oxygen atoms in total. The first-order chi connectivity index (χ1) is 41.4. The van der Waals surface area contributed by atoms with Crippen LogP contribution in [0.15, 0.2) is 136 Å². The number of nitrogens with one attached hydrogen (secondary N) is 3. The van der Waals surface area contributed by atoms with Gasteiger partial charge in [0.1, 0.15) is 22.8 Å². The van der Waals surface area contributed by atoms with E-state index in [1.807, 2.05) is 24.0 Å². The molecule has 3 aliphatic heterocycles. The number of non-ortho nitro benzene ring substituents is 2. The monoisotopic (exact) mass is 1420 g/mol. The molecule has 4 amide bonds. The van der Waals surface area contributed by atoms with E-state index in [1.54, 1.807) is 53.7 Å². The fourth-order valence-corrected chi connectivity index (χ4v) is 12.3. The van der Waals surface area contributed by atoms with Crippen LogP contribution in [0.2, 0.25) is 0 Å². The number of aliphatic hydroxyl groups is 1. The molecule has 3 saturated heterocycles. The molecule has 8 N–H and O–H groups in total. The Bertz CT molecular complexity index is 3470. The molecular weight excluding hydrogens is 1340 g/mol. The molecular formula is C60H85FN9O17PdS3-. The third-order valence-electron chi connectivity index (χ3n) is 12.8. The van der Waals surface area contributed by atoms with Crippen LogP contribution in [0.3, 0.4) is 0 Å². The van der Waals surface area contributed by atoms with E-state index in [9.17, 15) is 64.3 Å². The van der Waals surface area contributed by atoms with Gasteiger partial charge in [-0.05, 0) is 163 Å².